The van der Waals surface area contributed by atoms with Gasteiger partial charge in [-0.05, 0) is 145 Å². The van der Waals surface area contributed by atoms with Gasteiger partial charge in [-0.15, -0.1) is 45.3 Å². The molecule has 0 radical (unpaired) electrons. The van der Waals surface area contributed by atoms with Gasteiger partial charge < -0.3 is 40.0 Å². The summed E-state index contributed by atoms with van der Waals surface area (Å²) >= 11 is 6.93. The normalized spacial score (nSPS) is 32.6. The van der Waals surface area contributed by atoms with Crippen LogP contribution in [0.3, 0.4) is 0 Å². The Morgan fingerprint density at radius 2 is 0.550 bits per heavy atom. The summed E-state index contributed by atoms with van der Waals surface area (Å²) in [6, 6.07) is 16.6. The molecule has 12 aliphatic heterocycles. The molecule has 8 nitrogen and oxygen atoms in total. The second kappa shape index (κ2) is 19.5. The minimum absolute atomic E-state index is 0.227. The van der Waals surface area contributed by atoms with E-state index in [1.165, 1.54) is 19.5 Å². The van der Waals surface area contributed by atoms with E-state index in [0.717, 1.165) is 127 Å². The SMILES string of the molecule is O[C@H]1/C(=C/c2cccs2)N2CCC1CC2.O[C@H]1/C(=C/c2cccs2)N2CCC1CC2.O[C@H]1/C(=C/c2cccs2)N2CCC1CC2.O[C@H]1/C(=C/c2cccs2)N2CCC1CC2. The van der Waals surface area contributed by atoms with Crippen molar-refractivity contribution in [2.45, 2.75) is 75.8 Å². The van der Waals surface area contributed by atoms with Crippen molar-refractivity contribution in [2.75, 3.05) is 52.4 Å². The first kappa shape index (κ1) is 42.1. The first-order valence-electron chi connectivity index (χ1n) is 22.1. The number of hydrogen-bond donors (Lipinski definition) is 4. The number of hydrogen-bond acceptors (Lipinski definition) is 12. The highest BCUT2D eigenvalue weighted by Crippen LogP contribution is 2.39. The van der Waals surface area contributed by atoms with Crippen LogP contribution in [0.2, 0.25) is 0 Å². The lowest BCUT2D eigenvalue weighted by Crippen LogP contribution is -2.48. The zero-order chi connectivity index (χ0) is 41.0. The molecular weight excluding hydrogens is 825 g/mol. The fourth-order valence-corrected chi connectivity index (χ4v) is 13.0. The van der Waals surface area contributed by atoms with Crippen LogP contribution in [0.25, 0.3) is 24.3 Å². The maximum Gasteiger partial charge on any atom is 0.0966 e. The van der Waals surface area contributed by atoms with E-state index in [9.17, 15) is 20.4 Å². The lowest BCUT2D eigenvalue weighted by molar-refractivity contribution is 0.0214. The molecule has 16 heterocycles. The number of aliphatic hydroxyl groups excluding tert-OH is 4. The summed E-state index contributed by atoms with van der Waals surface area (Å²) in [6.07, 6.45) is 17.0. The molecule has 0 aliphatic carbocycles. The Labute approximate surface area is 371 Å². The summed E-state index contributed by atoms with van der Waals surface area (Å²) in [5.74, 6) is 2.00. The molecule has 0 amide bonds. The smallest absolute Gasteiger partial charge is 0.0966 e. The number of aliphatic hydroxyl groups is 4. The average Bonchev–Trinajstić information content (AvgIpc) is 4.16. The largest absolute Gasteiger partial charge is 0.387 e. The van der Waals surface area contributed by atoms with Gasteiger partial charge in [0.05, 0.1) is 24.4 Å². The third kappa shape index (κ3) is 9.56. The van der Waals surface area contributed by atoms with Crippen LogP contribution in [0.4, 0.5) is 0 Å². The van der Waals surface area contributed by atoms with Crippen molar-refractivity contribution < 1.29 is 20.4 Å². The van der Waals surface area contributed by atoms with E-state index in [0.29, 0.717) is 23.7 Å². The molecule has 16 rings (SSSR count). The van der Waals surface area contributed by atoms with Crippen LogP contribution in [0.1, 0.15) is 70.9 Å². The summed E-state index contributed by atoms with van der Waals surface area (Å²) < 4.78 is 0. The predicted molar refractivity (Wildman–Crippen MR) is 250 cm³/mol. The van der Waals surface area contributed by atoms with Crippen LogP contribution < -0.4 is 0 Å². The van der Waals surface area contributed by atoms with Crippen molar-refractivity contribution in [3.63, 3.8) is 0 Å². The first-order chi connectivity index (χ1) is 29.4. The van der Waals surface area contributed by atoms with Gasteiger partial charge in [0.15, 0.2) is 0 Å². The molecule has 4 aromatic rings. The van der Waals surface area contributed by atoms with Crippen molar-refractivity contribution in [1.29, 1.82) is 0 Å². The van der Waals surface area contributed by atoms with E-state index in [1.54, 1.807) is 45.3 Å². The number of rotatable bonds is 4. The van der Waals surface area contributed by atoms with E-state index < -0.39 is 0 Å². The fraction of sp³-hybridized carbons (Fsp3) is 0.500. The van der Waals surface area contributed by atoms with Gasteiger partial charge in [-0.2, -0.15) is 0 Å². The molecular formula is C48H60N4O4S4. The number of thiophene rings is 4. The lowest BCUT2D eigenvalue weighted by Gasteiger charge is -2.45. The Balaban J connectivity index is 0.000000103. The zero-order valence-corrected chi connectivity index (χ0v) is 37.6. The minimum atomic E-state index is -0.227. The highest BCUT2D eigenvalue weighted by Gasteiger charge is 2.39. The second-order valence-electron chi connectivity index (χ2n) is 17.4. The lowest BCUT2D eigenvalue weighted by atomic mass is 9.83. The van der Waals surface area contributed by atoms with Gasteiger partial charge >= 0.3 is 0 Å². The molecule has 0 saturated carbocycles. The molecule has 4 N–H and O–H groups in total. The van der Waals surface area contributed by atoms with E-state index in [1.807, 2.05) is 0 Å². The number of nitrogens with zero attached hydrogens (tertiary/aromatic N) is 4. The van der Waals surface area contributed by atoms with Crippen LogP contribution in [0.5, 0.6) is 0 Å². The molecule has 12 heteroatoms. The molecule has 12 saturated heterocycles. The summed E-state index contributed by atoms with van der Waals surface area (Å²) in [6.45, 7) is 8.99. The van der Waals surface area contributed by atoms with Gasteiger partial charge in [-0.1, -0.05) is 24.3 Å². The molecule has 4 aromatic heterocycles. The van der Waals surface area contributed by atoms with Crippen LogP contribution >= 0.6 is 45.3 Å². The Morgan fingerprint density at radius 1 is 0.350 bits per heavy atom. The summed E-state index contributed by atoms with van der Waals surface area (Å²) in [5, 5.41) is 48.9. The third-order valence-corrected chi connectivity index (χ3v) is 17.2. The van der Waals surface area contributed by atoms with Gasteiger partial charge in [0.1, 0.15) is 0 Å². The molecule has 12 aliphatic rings. The molecule has 0 spiro atoms. The van der Waals surface area contributed by atoms with Gasteiger partial charge in [-0.25, -0.2) is 0 Å². The Morgan fingerprint density at radius 3 is 0.700 bits per heavy atom. The van der Waals surface area contributed by atoms with E-state index in [4.69, 9.17) is 0 Å². The Hall–Kier alpha value is -3.20. The van der Waals surface area contributed by atoms with Crippen molar-refractivity contribution in [3.05, 3.63) is 112 Å². The van der Waals surface area contributed by atoms with Crippen LogP contribution in [-0.4, -0.2) is 117 Å². The quantitative estimate of drug-likeness (QED) is 0.162. The predicted octanol–water partition coefficient (Wildman–Crippen LogP) is 8.70. The minimum Gasteiger partial charge on any atom is -0.387 e. The van der Waals surface area contributed by atoms with Gasteiger partial charge in [-0.3, -0.25) is 0 Å². The monoisotopic (exact) mass is 884 g/mol. The first-order valence-corrected chi connectivity index (χ1v) is 25.6. The van der Waals surface area contributed by atoms with E-state index in [2.05, 4.69) is 114 Å². The summed E-state index contributed by atoms with van der Waals surface area (Å²) in [5.41, 5.74) is 4.56. The van der Waals surface area contributed by atoms with Crippen molar-refractivity contribution in [3.8, 4) is 0 Å². The molecule has 12 fully saturated rings. The Bertz CT molecular complexity index is 1730. The summed E-state index contributed by atoms with van der Waals surface area (Å²) in [4.78, 5) is 14.3. The molecule has 60 heavy (non-hydrogen) atoms. The highest BCUT2D eigenvalue weighted by molar-refractivity contribution is 7.11. The van der Waals surface area contributed by atoms with Gasteiger partial charge in [0.2, 0.25) is 0 Å². The standard InChI is InChI=1S/4C12H15NOS/c4*14-12-9-3-5-13(6-4-9)11(12)8-10-2-1-7-15-10/h4*1-2,7-9,12,14H,3-6H2/b4*11-8-/t4*12-/m1111/s1. The van der Waals surface area contributed by atoms with Crippen LogP contribution in [0, 0.1) is 23.7 Å². The molecule has 0 aromatic carbocycles. The molecule has 8 bridgehead atoms. The van der Waals surface area contributed by atoms with Crippen molar-refractivity contribution >= 4 is 69.7 Å². The molecule has 320 valence electrons. The van der Waals surface area contributed by atoms with E-state index in [-0.39, 0.29) is 24.4 Å². The maximum absolute atomic E-state index is 10.2. The third-order valence-electron chi connectivity index (χ3n) is 14.0. The zero-order valence-electron chi connectivity index (χ0n) is 34.4. The molecule has 4 atom stereocenters. The highest BCUT2D eigenvalue weighted by atomic mass is 32.1. The number of piperidine rings is 12. The maximum atomic E-state index is 10.2. The second-order valence-corrected chi connectivity index (χ2v) is 21.3. The van der Waals surface area contributed by atoms with Gasteiger partial charge in [0, 0.05) is 94.7 Å². The van der Waals surface area contributed by atoms with Crippen molar-refractivity contribution in [1.82, 2.24) is 19.6 Å². The molecule has 0 unspecified atom stereocenters. The fourth-order valence-electron chi connectivity index (χ4n) is 10.4. The van der Waals surface area contributed by atoms with Crippen molar-refractivity contribution in [2.24, 2.45) is 23.7 Å². The number of fused-ring (bicyclic) bond motifs is 12. The van der Waals surface area contributed by atoms with Gasteiger partial charge in [0.25, 0.3) is 0 Å². The van der Waals surface area contributed by atoms with E-state index >= 15 is 0 Å². The summed E-state index contributed by atoms with van der Waals surface area (Å²) in [7, 11) is 0. The van der Waals surface area contributed by atoms with Crippen LogP contribution in [-0.2, 0) is 0 Å². The topological polar surface area (TPSA) is 93.9 Å². The van der Waals surface area contributed by atoms with Crippen LogP contribution in [0.15, 0.2) is 92.8 Å². The Kier molecular flexibility index (Phi) is 13.7. The average molecular weight is 885 g/mol.